The lowest BCUT2D eigenvalue weighted by Crippen LogP contribution is -2.53. The molecule has 0 spiro atoms. The molecule has 2 aliphatic rings. The van der Waals surface area contributed by atoms with Gasteiger partial charge < -0.3 is 10.6 Å². The molecule has 2 aliphatic heterocycles. The third-order valence-electron chi connectivity index (χ3n) is 4.12. The van der Waals surface area contributed by atoms with E-state index in [1.807, 2.05) is 0 Å². The first-order valence-electron chi connectivity index (χ1n) is 6.97. The third kappa shape index (κ3) is 2.43. The van der Waals surface area contributed by atoms with Gasteiger partial charge in [-0.2, -0.15) is 4.31 Å². The fourth-order valence-corrected chi connectivity index (χ4v) is 4.66. The average Bonchev–Trinajstić information content (AvgIpc) is 2.88. The normalized spacial score (nSPS) is 23.4. The second kappa shape index (κ2) is 5.36. The number of amides is 1. The van der Waals surface area contributed by atoms with Crippen molar-refractivity contribution in [1.82, 2.24) is 14.2 Å². The summed E-state index contributed by atoms with van der Waals surface area (Å²) >= 11 is 0. The second-order valence-electron chi connectivity index (χ2n) is 5.30. The van der Waals surface area contributed by atoms with E-state index < -0.39 is 10.0 Å². The van der Waals surface area contributed by atoms with Crippen LogP contribution in [0.4, 0.5) is 0 Å². The van der Waals surface area contributed by atoms with Gasteiger partial charge in [-0.25, -0.2) is 8.42 Å². The van der Waals surface area contributed by atoms with Crippen LogP contribution in [-0.2, 0) is 21.4 Å². The lowest BCUT2D eigenvalue weighted by atomic mass is 10.2. The Labute approximate surface area is 123 Å². The minimum Gasteiger partial charge on any atom is -0.337 e. The summed E-state index contributed by atoms with van der Waals surface area (Å²) in [5, 5.41) is 0. The fraction of sp³-hybridized carbons (Fsp3) is 0.538. The van der Waals surface area contributed by atoms with Gasteiger partial charge in [-0.15, -0.1) is 0 Å². The molecule has 0 saturated carbocycles. The smallest absolute Gasteiger partial charge is 0.245 e. The van der Waals surface area contributed by atoms with Crippen molar-refractivity contribution in [3.05, 3.63) is 24.0 Å². The Kier molecular flexibility index (Phi) is 3.68. The molecule has 0 radical (unpaired) electrons. The number of fused-ring (bicyclic) bond motifs is 1. The van der Waals surface area contributed by atoms with Gasteiger partial charge in [-0.3, -0.25) is 9.78 Å². The van der Waals surface area contributed by atoms with Gasteiger partial charge in [0, 0.05) is 44.8 Å². The van der Waals surface area contributed by atoms with E-state index in [4.69, 9.17) is 5.73 Å². The number of aromatic nitrogens is 1. The minimum atomic E-state index is -3.61. The highest BCUT2D eigenvalue weighted by Crippen LogP contribution is 2.27. The number of rotatable bonds is 3. The number of sulfonamides is 1. The van der Waals surface area contributed by atoms with E-state index in [2.05, 4.69) is 4.98 Å². The Morgan fingerprint density at radius 1 is 1.38 bits per heavy atom. The zero-order valence-electron chi connectivity index (χ0n) is 11.6. The summed E-state index contributed by atoms with van der Waals surface area (Å²) in [5.74, 6) is 0.126. The van der Waals surface area contributed by atoms with Crippen LogP contribution in [0.15, 0.2) is 23.2 Å². The van der Waals surface area contributed by atoms with Crippen molar-refractivity contribution >= 4 is 15.9 Å². The molecule has 1 unspecified atom stereocenters. The Bertz CT molecular complexity index is 661. The molecule has 2 saturated heterocycles. The van der Waals surface area contributed by atoms with Crippen LogP contribution < -0.4 is 5.73 Å². The van der Waals surface area contributed by atoms with Gasteiger partial charge in [0.15, 0.2) is 0 Å². The van der Waals surface area contributed by atoms with Crippen molar-refractivity contribution in [3.63, 3.8) is 0 Å². The summed E-state index contributed by atoms with van der Waals surface area (Å²) in [6.07, 6.45) is 2.77. The number of hydrogen-bond acceptors (Lipinski definition) is 5. The van der Waals surface area contributed by atoms with Crippen LogP contribution >= 0.6 is 0 Å². The first-order valence-corrected chi connectivity index (χ1v) is 8.41. The van der Waals surface area contributed by atoms with Gasteiger partial charge in [0.05, 0.1) is 5.69 Å². The average molecular weight is 310 g/mol. The molecule has 8 heteroatoms. The monoisotopic (exact) mass is 310 g/mol. The Hall–Kier alpha value is -1.51. The molecule has 0 aromatic carbocycles. The van der Waals surface area contributed by atoms with Gasteiger partial charge in [0.25, 0.3) is 0 Å². The lowest BCUT2D eigenvalue weighted by Gasteiger charge is -2.36. The van der Waals surface area contributed by atoms with Crippen LogP contribution in [0.3, 0.4) is 0 Å². The molecule has 3 heterocycles. The quantitative estimate of drug-likeness (QED) is 0.814. The largest absolute Gasteiger partial charge is 0.337 e. The molecular formula is C13H18N4O3S. The first kappa shape index (κ1) is 14.4. The van der Waals surface area contributed by atoms with Crippen molar-refractivity contribution in [2.45, 2.75) is 30.3 Å². The maximum Gasteiger partial charge on any atom is 0.245 e. The number of nitrogens with zero attached hydrogens (tertiary/aromatic N) is 3. The molecule has 114 valence electrons. The summed E-state index contributed by atoms with van der Waals surface area (Å²) in [6, 6.07) is 3.14. The van der Waals surface area contributed by atoms with E-state index in [0.717, 1.165) is 6.42 Å². The standard InChI is InChI=1S/C13H18N4O3S/c14-8-11-12(2-1-5-15-11)21(19,20)16-6-7-17-10(9-16)3-4-13(17)18/h1-2,5,10H,3-4,6-9,14H2. The third-order valence-corrected chi connectivity index (χ3v) is 6.06. The van der Waals surface area contributed by atoms with Crippen molar-refractivity contribution in [2.24, 2.45) is 5.73 Å². The molecule has 1 amide bonds. The van der Waals surface area contributed by atoms with Crippen molar-refractivity contribution < 1.29 is 13.2 Å². The Morgan fingerprint density at radius 3 is 2.95 bits per heavy atom. The predicted molar refractivity (Wildman–Crippen MR) is 75.6 cm³/mol. The van der Waals surface area contributed by atoms with Crippen LogP contribution in [0.2, 0.25) is 0 Å². The molecule has 0 aliphatic carbocycles. The fourth-order valence-electron chi connectivity index (χ4n) is 3.00. The van der Waals surface area contributed by atoms with Crippen LogP contribution in [0, 0.1) is 0 Å². The van der Waals surface area contributed by atoms with Gasteiger partial charge in [-0.05, 0) is 18.6 Å². The topological polar surface area (TPSA) is 96.6 Å². The summed E-state index contributed by atoms with van der Waals surface area (Å²) in [6.45, 7) is 1.22. The van der Waals surface area contributed by atoms with E-state index in [9.17, 15) is 13.2 Å². The van der Waals surface area contributed by atoms with Crippen molar-refractivity contribution in [1.29, 1.82) is 0 Å². The molecule has 0 bridgehead atoms. The molecule has 1 aromatic rings. The van der Waals surface area contributed by atoms with Crippen LogP contribution in [-0.4, -0.2) is 54.2 Å². The number of nitrogens with two attached hydrogens (primary N) is 1. The Morgan fingerprint density at radius 2 is 2.19 bits per heavy atom. The summed E-state index contributed by atoms with van der Waals surface area (Å²) in [4.78, 5) is 17.7. The van der Waals surface area contributed by atoms with Gasteiger partial charge in [-0.1, -0.05) is 0 Å². The van der Waals surface area contributed by atoms with E-state index in [0.29, 0.717) is 31.7 Å². The molecule has 1 aromatic heterocycles. The maximum absolute atomic E-state index is 12.8. The molecular weight excluding hydrogens is 292 g/mol. The molecule has 3 rings (SSSR count). The van der Waals surface area contributed by atoms with Gasteiger partial charge in [0.2, 0.25) is 15.9 Å². The first-order chi connectivity index (χ1) is 10.0. The highest BCUT2D eigenvalue weighted by atomic mass is 32.2. The van der Waals surface area contributed by atoms with E-state index in [1.54, 1.807) is 11.0 Å². The second-order valence-corrected chi connectivity index (χ2v) is 7.20. The molecule has 2 fully saturated rings. The van der Waals surface area contributed by atoms with E-state index in [-0.39, 0.29) is 23.4 Å². The van der Waals surface area contributed by atoms with E-state index >= 15 is 0 Å². The SMILES string of the molecule is NCc1ncccc1S(=O)(=O)N1CCN2C(=O)CCC2C1. The maximum atomic E-state index is 12.8. The zero-order valence-corrected chi connectivity index (χ0v) is 12.4. The lowest BCUT2D eigenvalue weighted by molar-refractivity contribution is -0.130. The van der Waals surface area contributed by atoms with Crippen molar-refractivity contribution in [2.75, 3.05) is 19.6 Å². The molecule has 7 nitrogen and oxygen atoms in total. The number of hydrogen-bond donors (Lipinski definition) is 1. The highest BCUT2D eigenvalue weighted by molar-refractivity contribution is 7.89. The van der Waals surface area contributed by atoms with E-state index in [1.165, 1.54) is 16.6 Å². The van der Waals surface area contributed by atoms with Crippen LogP contribution in [0.1, 0.15) is 18.5 Å². The highest BCUT2D eigenvalue weighted by Gasteiger charge is 2.40. The predicted octanol–water partition coefficient (Wildman–Crippen LogP) is -0.464. The Balaban J connectivity index is 1.88. The number of carbonyl (C=O) groups is 1. The van der Waals surface area contributed by atoms with Crippen LogP contribution in [0.5, 0.6) is 0 Å². The van der Waals surface area contributed by atoms with Gasteiger partial charge in [0.1, 0.15) is 4.90 Å². The summed E-state index contributed by atoms with van der Waals surface area (Å²) in [5.41, 5.74) is 5.96. The zero-order chi connectivity index (χ0) is 15.0. The minimum absolute atomic E-state index is 0.000905. The van der Waals surface area contributed by atoms with Gasteiger partial charge >= 0.3 is 0 Å². The summed E-state index contributed by atoms with van der Waals surface area (Å²) < 4.78 is 27.0. The molecule has 21 heavy (non-hydrogen) atoms. The van der Waals surface area contributed by atoms with Crippen molar-refractivity contribution in [3.8, 4) is 0 Å². The molecule has 1 atom stereocenters. The summed E-state index contributed by atoms with van der Waals surface area (Å²) in [7, 11) is -3.61. The van der Waals surface area contributed by atoms with Crippen LogP contribution in [0.25, 0.3) is 0 Å². The number of pyridine rings is 1. The number of piperazine rings is 1. The number of carbonyl (C=O) groups excluding carboxylic acids is 1. The molecule has 2 N–H and O–H groups in total.